The summed E-state index contributed by atoms with van der Waals surface area (Å²) >= 11 is 0. The fourth-order valence-electron chi connectivity index (χ4n) is 2.41. The molecular formula is C17H17N3O4. The number of phenols is 1. The molecular weight excluding hydrogens is 310 g/mol. The highest BCUT2D eigenvalue weighted by atomic mass is 16.5. The highest BCUT2D eigenvalue weighted by Crippen LogP contribution is 2.35. The number of nitrogens with two attached hydrogens (primary N) is 1. The summed E-state index contributed by atoms with van der Waals surface area (Å²) in [5.74, 6) is -1.07. The lowest BCUT2D eigenvalue weighted by Gasteiger charge is -2.14. The van der Waals surface area contributed by atoms with Crippen LogP contribution in [0.1, 0.15) is 30.5 Å². The maximum atomic E-state index is 10.9. The SMILES string of the molecule is COc1ccc(-c2cc(C(C)CC(=O)O)nc(N)c2C#N)cc1O. The summed E-state index contributed by atoms with van der Waals surface area (Å²) in [5.41, 5.74) is 7.55. The standard InChI is InChI=1S/C17H17N3O4/c1-9(5-16(22)23)13-7-11(12(8-18)17(19)20-13)10-3-4-15(24-2)14(21)6-10/h3-4,6-7,9,21H,5H2,1-2H3,(H2,19,20)(H,22,23). The first kappa shape index (κ1) is 17.1. The van der Waals surface area contributed by atoms with Crippen LogP contribution in [0.3, 0.4) is 0 Å². The number of ether oxygens (including phenoxy) is 1. The van der Waals surface area contributed by atoms with Crippen LogP contribution in [-0.4, -0.2) is 28.3 Å². The molecule has 0 saturated heterocycles. The number of nitrogen functional groups attached to an aromatic ring is 1. The zero-order chi connectivity index (χ0) is 17.9. The molecule has 0 radical (unpaired) electrons. The first-order valence-corrected chi connectivity index (χ1v) is 7.17. The monoisotopic (exact) mass is 327 g/mol. The molecule has 4 N–H and O–H groups in total. The smallest absolute Gasteiger partial charge is 0.304 e. The Morgan fingerprint density at radius 3 is 2.71 bits per heavy atom. The molecule has 0 aliphatic heterocycles. The molecule has 24 heavy (non-hydrogen) atoms. The number of carboxylic acid groups (broad SMARTS) is 1. The summed E-state index contributed by atoms with van der Waals surface area (Å²) in [6.07, 6.45) is -0.106. The Kier molecular flexibility index (Phi) is 4.90. The van der Waals surface area contributed by atoms with E-state index in [0.717, 1.165) is 0 Å². The first-order valence-electron chi connectivity index (χ1n) is 7.17. The maximum Gasteiger partial charge on any atom is 0.304 e. The number of rotatable bonds is 5. The molecule has 1 aromatic carbocycles. The van der Waals surface area contributed by atoms with Gasteiger partial charge < -0.3 is 20.7 Å². The fourth-order valence-corrected chi connectivity index (χ4v) is 2.41. The summed E-state index contributed by atoms with van der Waals surface area (Å²) in [5, 5.41) is 28.2. The molecule has 1 heterocycles. The molecule has 0 amide bonds. The van der Waals surface area contributed by atoms with Crippen LogP contribution in [0.4, 0.5) is 5.82 Å². The summed E-state index contributed by atoms with van der Waals surface area (Å²) in [7, 11) is 1.44. The van der Waals surface area contributed by atoms with Gasteiger partial charge in [-0.25, -0.2) is 4.98 Å². The molecule has 1 unspecified atom stereocenters. The zero-order valence-corrected chi connectivity index (χ0v) is 13.3. The number of benzene rings is 1. The van der Waals surface area contributed by atoms with Crippen molar-refractivity contribution in [3.63, 3.8) is 0 Å². The first-order chi connectivity index (χ1) is 11.4. The zero-order valence-electron chi connectivity index (χ0n) is 13.3. The molecule has 0 aliphatic rings. The van der Waals surface area contributed by atoms with E-state index in [0.29, 0.717) is 22.6 Å². The van der Waals surface area contributed by atoms with Gasteiger partial charge in [-0.3, -0.25) is 4.79 Å². The lowest BCUT2D eigenvalue weighted by Crippen LogP contribution is -2.08. The van der Waals surface area contributed by atoms with Crippen LogP contribution in [-0.2, 0) is 4.79 Å². The molecule has 0 spiro atoms. The van der Waals surface area contributed by atoms with Crippen LogP contribution >= 0.6 is 0 Å². The summed E-state index contributed by atoms with van der Waals surface area (Å²) in [4.78, 5) is 15.0. The van der Waals surface area contributed by atoms with Crippen molar-refractivity contribution >= 4 is 11.8 Å². The Bertz CT molecular complexity index is 827. The number of anilines is 1. The maximum absolute atomic E-state index is 10.9. The van der Waals surface area contributed by atoms with Crippen LogP contribution < -0.4 is 10.5 Å². The Balaban J connectivity index is 2.59. The molecule has 2 rings (SSSR count). The van der Waals surface area contributed by atoms with Gasteiger partial charge in [-0.15, -0.1) is 0 Å². The van der Waals surface area contributed by atoms with Gasteiger partial charge in [0.25, 0.3) is 0 Å². The van der Waals surface area contributed by atoms with E-state index in [2.05, 4.69) is 4.98 Å². The summed E-state index contributed by atoms with van der Waals surface area (Å²) in [6.45, 7) is 1.72. The van der Waals surface area contributed by atoms with Gasteiger partial charge in [0.2, 0.25) is 0 Å². The Hall–Kier alpha value is -3.27. The Morgan fingerprint density at radius 2 is 2.17 bits per heavy atom. The van der Waals surface area contributed by atoms with Crippen LogP contribution in [0, 0.1) is 11.3 Å². The van der Waals surface area contributed by atoms with E-state index in [-0.39, 0.29) is 29.5 Å². The molecule has 0 saturated carbocycles. The molecule has 0 fully saturated rings. The number of phenolic OH excluding ortho intramolecular Hbond substituents is 1. The number of nitrogens with zero attached hydrogens (tertiary/aromatic N) is 2. The number of aromatic hydroxyl groups is 1. The quantitative estimate of drug-likeness (QED) is 0.769. The predicted octanol–water partition coefficient (Wildman–Crippen LogP) is 2.49. The molecule has 7 nitrogen and oxygen atoms in total. The van der Waals surface area contributed by atoms with E-state index in [9.17, 15) is 15.2 Å². The Morgan fingerprint density at radius 1 is 1.46 bits per heavy atom. The number of hydrogen-bond acceptors (Lipinski definition) is 6. The third-order valence-electron chi connectivity index (χ3n) is 3.65. The lowest BCUT2D eigenvalue weighted by molar-refractivity contribution is -0.137. The van der Waals surface area contributed by atoms with E-state index in [1.165, 1.54) is 13.2 Å². The molecule has 1 aromatic heterocycles. The number of pyridine rings is 1. The second kappa shape index (κ2) is 6.87. The van der Waals surface area contributed by atoms with Crippen molar-refractivity contribution < 1.29 is 19.7 Å². The van der Waals surface area contributed by atoms with Gasteiger partial charge >= 0.3 is 5.97 Å². The Labute approximate surface area is 138 Å². The van der Waals surface area contributed by atoms with E-state index in [1.54, 1.807) is 25.1 Å². The molecule has 0 aliphatic carbocycles. The van der Waals surface area contributed by atoms with E-state index in [1.807, 2.05) is 6.07 Å². The van der Waals surface area contributed by atoms with Gasteiger partial charge in [0.05, 0.1) is 13.5 Å². The minimum absolute atomic E-state index is 0.0255. The minimum atomic E-state index is -0.948. The molecule has 124 valence electrons. The van der Waals surface area contributed by atoms with Crippen LogP contribution in [0.2, 0.25) is 0 Å². The van der Waals surface area contributed by atoms with Crippen molar-refractivity contribution in [3.8, 4) is 28.7 Å². The van der Waals surface area contributed by atoms with Gasteiger partial charge in [-0.1, -0.05) is 13.0 Å². The van der Waals surface area contributed by atoms with Gasteiger partial charge in [-0.2, -0.15) is 5.26 Å². The lowest BCUT2D eigenvalue weighted by atomic mass is 9.95. The normalized spacial score (nSPS) is 11.5. The minimum Gasteiger partial charge on any atom is -0.504 e. The van der Waals surface area contributed by atoms with E-state index in [4.69, 9.17) is 15.6 Å². The van der Waals surface area contributed by atoms with Crippen molar-refractivity contribution in [1.82, 2.24) is 4.98 Å². The van der Waals surface area contributed by atoms with Crippen molar-refractivity contribution in [3.05, 3.63) is 35.5 Å². The largest absolute Gasteiger partial charge is 0.504 e. The molecule has 0 bridgehead atoms. The molecule has 2 aromatic rings. The van der Waals surface area contributed by atoms with Gasteiger partial charge in [0.15, 0.2) is 11.5 Å². The number of aromatic nitrogens is 1. The van der Waals surface area contributed by atoms with E-state index < -0.39 is 5.97 Å². The number of carboxylic acids is 1. The van der Waals surface area contributed by atoms with Gasteiger partial charge in [-0.05, 0) is 23.8 Å². The number of hydrogen-bond donors (Lipinski definition) is 3. The number of nitriles is 1. The van der Waals surface area contributed by atoms with Crippen LogP contribution in [0.25, 0.3) is 11.1 Å². The van der Waals surface area contributed by atoms with E-state index >= 15 is 0 Å². The number of methoxy groups -OCH3 is 1. The van der Waals surface area contributed by atoms with Crippen molar-refractivity contribution in [2.24, 2.45) is 0 Å². The third kappa shape index (κ3) is 3.38. The van der Waals surface area contributed by atoms with Crippen molar-refractivity contribution in [2.75, 3.05) is 12.8 Å². The molecule has 7 heteroatoms. The fraction of sp³-hybridized carbons (Fsp3) is 0.235. The molecule has 1 atom stereocenters. The van der Waals surface area contributed by atoms with Crippen molar-refractivity contribution in [2.45, 2.75) is 19.3 Å². The predicted molar refractivity (Wildman–Crippen MR) is 87.7 cm³/mol. The van der Waals surface area contributed by atoms with Crippen LogP contribution in [0.5, 0.6) is 11.5 Å². The second-order valence-corrected chi connectivity index (χ2v) is 5.35. The number of aliphatic carboxylic acids is 1. The van der Waals surface area contributed by atoms with Crippen molar-refractivity contribution in [1.29, 1.82) is 5.26 Å². The van der Waals surface area contributed by atoms with Gasteiger partial charge in [0, 0.05) is 17.2 Å². The van der Waals surface area contributed by atoms with Gasteiger partial charge in [0.1, 0.15) is 17.5 Å². The summed E-state index contributed by atoms with van der Waals surface area (Å²) in [6, 6.07) is 8.34. The average Bonchev–Trinajstić information content (AvgIpc) is 2.53. The average molecular weight is 327 g/mol. The third-order valence-corrected chi connectivity index (χ3v) is 3.65. The number of carbonyl (C=O) groups is 1. The van der Waals surface area contributed by atoms with Crippen LogP contribution in [0.15, 0.2) is 24.3 Å². The second-order valence-electron chi connectivity index (χ2n) is 5.35. The highest BCUT2D eigenvalue weighted by molar-refractivity contribution is 5.77. The summed E-state index contributed by atoms with van der Waals surface area (Å²) < 4.78 is 5.00. The highest BCUT2D eigenvalue weighted by Gasteiger charge is 2.18. The topological polar surface area (TPSA) is 129 Å².